The van der Waals surface area contributed by atoms with E-state index < -0.39 is 0 Å². The number of hydrogen-bond acceptors (Lipinski definition) is 6. The van der Waals surface area contributed by atoms with Gasteiger partial charge in [0.2, 0.25) is 0 Å². The van der Waals surface area contributed by atoms with Crippen molar-refractivity contribution >= 4 is 11.0 Å². The number of nitrogens with one attached hydrogen (secondary N) is 1. The Hall–Kier alpha value is -4.23. The van der Waals surface area contributed by atoms with Crippen LogP contribution in [0.4, 0.5) is 0 Å². The number of aryl methyl sites for hydroxylation is 1. The number of nitrogens with zero attached hydrogens (tertiary/aromatic N) is 4. The highest BCUT2D eigenvalue weighted by atomic mass is 16.5. The Morgan fingerprint density at radius 3 is 2.51 bits per heavy atom. The summed E-state index contributed by atoms with van der Waals surface area (Å²) in [4.78, 5) is 9.86. The van der Waals surface area contributed by atoms with Crippen molar-refractivity contribution in [3.8, 4) is 33.9 Å². The summed E-state index contributed by atoms with van der Waals surface area (Å²) in [6.45, 7) is 2.69. The van der Waals surface area contributed by atoms with E-state index in [0.717, 1.165) is 89.4 Å². The fourth-order valence-electron chi connectivity index (χ4n) is 6.51. The molecule has 0 unspecified atom stereocenters. The summed E-state index contributed by atoms with van der Waals surface area (Å²) in [6, 6.07) is 19.2. The summed E-state index contributed by atoms with van der Waals surface area (Å²) in [5.41, 5.74) is 11.1. The van der Waals surface area contributed by atoms with E-state index in [9.17, 15) is 0 Å². The Morgan fingerprint density at radius 1 is 0.902 bits per heavy atom. The number of ether oxygens (including phenoxy) is 2. The fraction of sp³-hybridized carbons (Fsp3) is 0.324. The molecule has 1 saturated heterocycles. The van der Waals surface area contributed by atoms with E-state index in [-0.39, 0.29) is 0 Å². The third-order valence-corrected chi connectivity index (χ3v) is 8.67. The van der Waals surface area contributed by atoms with Crippen molar-refractivity contribution in [2.45, 2.75) is 44.6 Å². The van der Waals surface area contributed by atoms with Crippen LogP contribution in [0.1, 0.15) is 47.6 Å². The predicted octanol–water partition coefficient (Wildman–Crippen LogP) is 6.18. The molecule has 0 amide bonds. The first-order chi connectivity index (χ1) is 20.2. The van der Waals surface area contributed by atoms with Crippen molar-refractivity contribution in [2.24, 2.45) is 0 Å². The summed E-state index contributed by atoms with van der Waals surface area (Å²) in [6.07, 6.45) is 9.43. The van der Waals surface area contributed by atoms with E-state index in [1.54, 1.807) is 14.2 Å². The number of aromatic nitrogens is 4. The first-order valence-electron chi connectivity index (χ1n) is 14.6. The van der Waals surface area contributed by atoms with Gasteiger partial charge in [-0.15, -0.1) is 0 Å². The molecule has 0 saturated carbocycles. The monoisotopic (exact) mass is 545 g/mol. The van der Waals surface area contributed by atoms with Gasteiger partial charge in [-0.2, -0.15) is 5.10 Å². The zero-order chi connectivity index (χ0) is 27.8. The lowest BCUT2D eigenvalue weighted by Crippen LogP contribution is -2.26. The third kappa shape index (κ3) is 4.74. The van der Waals surface area contributed by atoms with E-state index in [4.69, 9.17) is 24.5 Å². The smallest absolute Gasteiger partial charge is 0.147 e. The molecule has 208 valence electrons. The molecule has 7 heteroatoms. The Labute approximate surface area is 240 Å². The zero-order valence-electron chi connectivity index (χ0n) is 23.7. The van der Waals surface area contributed by atoms with Crippen LogP contribution in [0.25, 0.3) is 33.4 Å². The second-order valence-corrected chi connectivity index (χ2v) is 11.0. The lowest BCUT2D eigenvalue weighted by atomic mass is 9.93. The van der Waals surface area contributed by atoms with Crippen molar-refractivity contribution in [3.63, 3.8) is 0 Å². The average molecular weight is 546 g/mol. The van der Waals surface area contributed by atoms with Gasteiger partial charge in [0.1, 0.15) is 22.7 Å². The summed E-state index contributed by atoms with van der Waals surface area (Å²) in [5, 5.41) is 8.66. The van der Waals surface area contributed by atoms with Gasteiger partial charge in [0.05, 0.1) is 38.0 Å². The van der Waals surface area contributed by atoms with Gasteiger partial charge >= 0.3 is 0 Å². The summed E-state index contributed by atoms with van der Waals surface area (Å²) in [7, 11) is 3.42. The Kier molecular flexibility index (Phi) is 6.88. The molecule has 1 aliphatic heterocycles. The normalized spacial score (nSPS) is 15.3. The first kappa shape index (κ1) is 25.7. The van der Waals surface area contributed by atoms with Crippen molar-refractivity contribution in [3.05, 3.63) is 89.4 Å². The van der Waals surface area contributed by atoms with Crippen molar-refractivity contribution in [1.29, 1.82) is 0 Å². The van der Waals surface area contributed by atoms with Gasteiger partial charge in [0.25, 0.3) is 0 Å². The van der Waals surface area contributed by atoms with Crippen molar-refractivity contribution in [2.75, 3.05) is 27.3 Å². The van der Waals surface area contributed by atoms with Crippen LogP contribution >= 0.6 is 0 Å². The number of rotatable bonds is 7. The molecular formula is C34H35N5O2. The summed E-state index contributed by atoms with van der Waals surface area (Å²) < 4.78 is 13.4. The minimum Gasteiger partial charge on any atom is -0.497 e. The van der Waals surface area contributed by atoms with Gasteiger partial charge in [-0.3, -0.25) is 9.67 Å². The number of methoxy groups -OCH3 is 2. The third-order valence-electron chi connectivity index (χ3n) is 8.67. The molecule has 2 aromatic carbocycles. The molecule has 7 nitrogen and oxygen atoms in total. The minimum atomic E-state index is 0.504. The second kappa shape index (κ2) is 11.0. The predicted molar refractivity (Wildman–Crippen MR) is 162 cm³/mol. The molecule has 0 bridgehead atoms. The summed E-state index contributed by atoms with van der Waals surface area (Å²) >= 11 is 0. The van der Waals surface area contributed by atoms with E-state index in [1.807, 2.05) is 24.5 Å². The highest BCUT2D eigenvalue weighted by molar-refractivity contribution is 6.02. The quantitative estimate of drug-likeness (QED) is 0.263. The molecular weight excluding hydrogens is 510 g/mol. The topological polar surface area (TPSA) is 74.1 Å². The molecule has 0 radical (unpaired) electrons. The van der Waals surface area contributed by atoms with Crippen LogP contribution in [0, 0.1) is 0 Å². The molecule has 3 aromatic heterocycles. The molecule has 5 aromatic rings. The molecule has 41 heavy (non-hydrogen) atoms. The lowest BCUT2D eigenvalue weighted by molar-refractivity contribution is 0.414. The van der Waals surface area contributed by atoms with Crippen LogP contribution in [-0.4, -0.2) is 47.1 Å². The van der Waals surface area contributed by atoms with Crippen LogP contribution in [-0.2, 0) is 19.4 Å². The molecule has 7 rings (SSSR count). The van der Waals surface area contributed by atoms with Crippen LogP contribution in [0.2, 0.25) is 0 Å². The molecule has 1 aliphatic carbocycles. The average Bonchev–Trinajstić information content (AvgIpc) is 3.67. The molecule has 1 fully saturated rings. The Morgan fingerprint density at radius 2 is 1.76 bits per heavy atom. The second-order valence-electron chi connectivity index (χ2n) is 11.0. The maximum Gasteiger partial charge on any atom is 0.147 e. The molecule has 0 atom stereocenters. The number of fused-ring (bicyclic) bond motifs is 2. The van der Waals surface area contributed by atoms with E-state index in [1.165, 1.54) is 23.1 Å². The molecule has 2 aliphatic rings. The Bertz CT molecular complexity index is 1690. The van der Waals surface area contributed by atoms with Gasteiger partial charge < -0.3 is 14.8 Å². The van der Waals surface area contributed by atoms with Gasteiger partial charge in [-0.05, 0) is 91.7 Å². The first-order valence-corrected chi connectivity index (χ1v) is 14.6. The van der Waals surface area contributed by atoms with E-state index >= 15 is 0 Å². The van der Waals surface area contributed by atoms with Gasteiger partial charge in [-0.1, -0.05) is 30.3 Å². The van der Waals surface area contributed by atoms with Gasteiger partial charge in [0, 0.05) is 23.4 Å². The lowest BCUT2D eigenvalue weighted by Gasteiger charge is -2.22. The maximum absolute atomic E-state index is 5.96. The van der Waals surface area contributed by atoms with Crippen LogP contribution < -0.4 is 14.8 Å². The molecule has 0 spiro atoms. The van der Waals surface area contributed by atoms with Crippen LogP contribution in [0.3, 0.4) is 0 Å². The summed E-state index contributed by atoms with van der Waals surface area (Å²) in [5.74, 6) is 2.10. The molecule has 1 N–H and O–H groups in total. The number of pyridine rings is 2. The highest BCUT2D eigenvalue weighted by Gasteiger charge is 2.26. The fourth-order valence-corrected chi connectivity index (χ4v) is 6.51. The van der Waals surface area contributed by atoms with Crippen LogP contribution in [0.5, 0.6) is 11.5 Å². The van der Waals surface area contributed by atoms with Crippen molar-refractivity contribution in [1.82, 2.24) is 25.1 Å². The van der Waals surface area contributed by atoms with Gasteiger partial charge in [-0.25, -0.2) is 4.98 Å². The number of piperidine rings is 1. The molecule has 4 heterocycles. The minimum absolute atomic E-state index is 0.504. The van der Waals surface area contributed by atoms with E-state index in [2.05, 4.69) is 52.5 Å². The highest BCUT2D eigenvalue weighted by Crippen LogP contribution is 2.43. The van der Waals surface area contributed by atoms with E-state index in [0.29, 0.717) is 12.5 Å². The largest absolute Gasteiger partial charge is 0.497 e. The number of hydrogen-bond donors (Lipinski definition) is 1. The van der Waals surface area contributed by atoms with Crippen molar-refractivity contribution < 1.29 is 9.47 Å². The standard InChI is InChI=1S/C34H35N5O2/c1-40-26-12-9-22(10-13-26)21-39-34-31(28-8-4-6-23-5-3-7-27(23)28)30(41-2)20-37-33(34)32(38-39)25-11-14-29(36-19-25)24-15-17-35-18-16-24/h4,6,8-14,19-20,24,35H,3,5,7,15-18,21H2,1-2H3. The number of benzene rings is 2. The SMILES string of the molecule is COc1ccc(Cn2nc(-c3ccc(C4CCNCC4)nc3)c3ncc(OC)c(-c4cccc5c4CCC5)c32)cc1. The van der Waals surface area contributed by atoms with Crippen LogP contribution in [0.15, 0.2) is 67.0 Å². The van der Waals surface area contributed by atoms with Gasteiger partial charge in [0.15, 0.2) is 0 Å². The zero-order valence-corrected chi connectivity index (χ0v) is 23.7. The maximum atomic E-state index is 5.96. The Balaban J connectivity index is 1.40.